The minimum absolute atomic E-state index is 0.0484. The van der Waals surface area contributed by atoms with Crippen molar-refractivity contribution in [1.29, 1.82) is 0 Å². The summed E-state index contributed by atoms with van der Waals surface area (Å²) in [5, 5.41) is 0. The van der Waals surface area contributed by atoms with Crippen LogP contribution in [0.2, 0.25) is 0 Å². The maximum Gasteiger partial charge on any atom is 0.227 e. The fourth-order valence-corrected chi connectivity index (χ4v) is 4.70. The number of carbonyl (C=O) groups is 1. The number of aryl methyl sites for hydroxylation is 3. The molecule has 33 heavy (non-hydrogen) atoms. The Morgan fingerprint density at radius 3 is 2.52 bits per heavy atom. The molecule has 1 aliphatic rings. The predicted molar refractivity (Wildman–Crippen MR) is 132 cm³/mol. The molecule has 1 fully saturated rings. The van der Waals surface area contributed by atoms with Crippen LogP contribution in [0, 0.1) is 20.8 Å². The summed E-state index contributed by atoms with van der Waals surface area (Å²) in [7, 11) is 0. The average Bonchev–Trinajstić information content (AvgIpc) is 3.36. The number of nitrogens with zero attached hydrogens (tertiary/aromatic N) is 3. The highest BCUT2D eigenvalue weighted by Gasteiger charge is 2.34. The molecule has 5 rings (SSSR count). The van der Waals surface area contributed by atoms with Crippen LogP contribution in [0.1, 0.15) is 34.9 Å². The minimum atomic E-state index is 0.0484. The number of amides is 1. The van der Waals surface area contributed by atoms with Gasteiger partial charge < -0.3 is 14.2 Å². The standard InChI is InChI=1S/C28H29N3O2/c1-19-8-11-23(12-9-19)31-18-22(17-27(31)32)28-29-24-6-4-5-7-25(24)30(28)14-15-33-26-13-10-20(2)16-21(26)3/h4-13,16,22H,14-15,17-18H2,1-3H3/t22-/m1/s1. The van der Waals surface area contributed by atoms with E-state index in [0.29, 0.717) is 26.1 Å². The lowest BCUT2D eigenvalue weighted by Gasteiger charge is -2.18. The van der Waals surface area contributed by atoms with E-state index in [1.165, 1.54) is 11.1 Å². The number of imidazole rings is 1. The van der Waals surface area contributed by atoms with Crippen LogP contribution in [-0.2, 0) is 11.3 Å². The maximum atomic E-state index is 12.9. The summed E-state index contributed by atoms with van der Waals surface area (Å²) in [6.45, 7) is 8.08. The molecule has 0 bridgehead atoms. The third-order valence-electron chi connectivity index (χ3n) is 6.42. The third kappa shape index (κ3) is 4.23. The fraction of sp³-hybridized carbons (Fsp3) is 0.286. The highest BCUT2D eigenvalue weighted by molar-refractivity contribution is 5.96. The monoisotopic (exact) mass is 439 g/mol. The molecular formula is C28H29N3O2. The Kier molecular flexibility index (Phi) is 5.63. The SMILES string of the molecule is Cc1ccc(N2C[C@H](c3nc4ccccc4n3CCOc3ccc(C)cc3C)CC2=O)cc1. The van der Waals surface area contributed by atoms with Crippen LogP contribution in [0.25, 0.3) is 11.0 Å². The molecule has 0 N–H and O–H groups in total. The first kappa shape index (κ1) is 21.3. The molecule has 1 aromatic heterocycles. The molecule has 2 heterocycles. The van der Waals surface area contributed by atoms with Crippen LogP contribution < -0.4 is 9.64 Å². The molecule has 5 heteroatoms. The summed E-state index contributed by atoms with van der Waals surface area (Å²) in [5.41, 5.74) is 6.55. The fourth-order valence-electron chi connectivity index (χ4n) is 4.70. The molecule has 0 aliphatic carbocycles. The molecule has 4 aromatic rings. The summed E-state index contributed by atoms with van der Waals surface area (Å²) in [6, 6.07) is 22.6. The topological polar surface area (TPSA) is 47.4 Å². The maximum absolute atomic E-state index is 12.9. The van der Waals surface area contributed by atoms with Gasteiger partial charge in [0.15, 0.2) is 0 Å². The molecular weight excluding hydrogens is 410 g/mol. The van der Waals surface area contributed by atoms with Crippen molar-refractivity contribution in [3.63, 3.8) is 0 Å². The van der Waals surface area contributed by atoms with Crippen LogP contribution in [-0.4, -0.2) is 28.6 Å². The number of rotatable bonds is 6. The Bertz CT molecular complexity index is 1310. The first-order valence-electron chi connectivity index (χ1n) is 11.5. The van der Waals surface area contributed by atoms with E-state index in [1.807, 2.05) is 41.3 Å². The van der Waals surface area contributed by atoms with Crippen LogP contribution in [0.15, 0.2) is 66.7 Å². The number of hydrogen-bond donors (Lipinski definition) is 0. The van der Waals surface area contributed by atoms with Gasteiger partial charge in [0.2, 0.25) is 5.91 Å². The second-order valence-corrected chi connectivity index (χ2v) is 8.97. The number of aromatic nitrogens is 2. The Balaban J connectivity index is 1.40. The second-order valence-electron chi connectivity index (χ2n) is 8.97. The molecule has 5 nitrogen and oxygen atoms in total. The molecule has 1 atom stereocenters. The van der Waals surface area contributed by atoms with Gasteiger partial charge in [0.1, 0.15) is 18.2 Å². The molecule has 0 radical (unpaired) electrons. The van der Waals surface area contributed by atoms with E-state index in [4.69, 9.17) is 9.72 Å². The van der Waals surface area contributed by atoms with Gasteiger partial charge in [-0.25, -0.2) is 4.98 Å². The molecule has 1 aliphatic heterocycles. The van der Waals surface area contributed by atoms with Crippen molar-refractivity contribution in [2.75, 3.05) is 18.1 Å². The molecule has 0 spiro atoms. The van der Waals surface area contributed by atoms with Crippen molar-refractivity contribution in [3.05, 3.63) is 89.2 Å². The van der Waals surface area contributed by atoms with Gasteiger partial charge in [-0.1, -0.05) is 47.5 Å². The Morgan fingerprint density at radius 1 is 0.970 bits per heavy atom. The third-order valence-corrected chi connectivity index (χ3v) is 6.42. The van der Waals surface area contributed by atoms with Gasteiger partial charge in [-0.15, -0.1) is 0 Å². The summed E-state index contributed by atoms with van der Waals surface area (Å²) in [5.74, 6) is 2.07. The summed E-state index contributed by atoms with van der Waals surface area (Å²) < 4.78 is 8.36. The average molecular weight is 440 g/mol. The van der Waals surface area contributed by atoms with Crippen molar-refractivity contribution in [2.24, 2.45) is 0 Å². The van der Waals surface area contributed by atoms with Crippen LogP contribution >= 0.6 is 0 Å². The van der Waals surface area contributed by atoms with Gasteiger partial charge in [0.05, 0.1) is 17.6 Å². The summed E-state index contributed by atoms with van der Waals surface area (Å²) in [4.78, 5) is 19.7. The predicted octanol–water partition coefficient (Wildman–Crippen LogP) is 5.56. The van der Waals surface area contributed by atoms with Gasteiger partial charge in [-0.2, -0.15) is 0 Å². The van der Waals surface area contributed by atoms with E-state index in [-0.39, 0.29) is 11.8 Å². The van der Waals surface area contributed by atoms with Crippen molar-refractivity contribution in [3.8, 4) is 5.75 Å². The van der Waals surface area contributed by atoms with Crippen molar-refractivity contribution in [1.82, 2.24) is 9.55 Å². The van der Waals surface area contributed by atoms with Crippen LogP contribution in [0.3, 0.4) is 0 Å². The highest BCUT2D eigenvalue weighted by atomic mass is 16.5. The van der Waals surface area contributed by atoms with E-state index < -0.39 is 0 Å². The zero-order valence-corrected chi connectivity index (χ0v) is 19.4. The first-order chi connectivity index (χ1) is 16.0. The zero-order valence-electron chi connectivity index (χ0n) is 19.4. The number of ether oxygens (including phenoxy) is 1. The van der Waals surface area contributed by atoms with Crippen molar-refractivity contribution >= 4 is 22.6 Å². The van der Waals surface area contributed by atoms with E-state index >= 15 is 0 Å². The van der Waals surface area contributed by atoms with Gasteiger partial charge in [0.25, 0.3) is 0 Å². The normalized spacial score (nSPS) is 16.0. The Hall–Kier alpha value is -3.60. The quantitative estimate of drug-likeness (QED) is 0.395. The lowest BCUT2D eigenvalue weighted by Crippen LogP contribution is -2.24. The number of benzene rings is 3. The van der Waals surface area contributed by atoms with E-state index in [0.717, 1.165) is 33.9 Å². The lowest BCUT2D eigenvalue weighted by atomic mass is 10.1. The van der Waals surface area contributed by atoms with Gasteiger partial charge in [-0.3, -0.25) is 4.79 Å². The van der Waals surface area contributed by atoms with Gasteiger partial charge >= 0.3 is 0 Å². The second kappa shape index (κ2) is 8.74. The summed E-state index contributed by atoms with van der Waals surface area (Å²) >= 11 is 0. The minimum Gasteiger partial charge on any atom is -0.491 e. The highest BCUT2D eigenvalue weighted by Crippen LogP contribution is 2.33. The number of anilines is 1. The molecule has 168 valence electrons. The largest absolute Gasteiger partial charge is 0.491 e. The van der Waals surface area contributed by atoms with E-state index in [1.54, 1.807) is 0 Å². The van der Waals surface area contributed by atoms with Crippen molar-refractivity contribution in [2.45, 2.75) is 39.7 Å². The lowest BCUT2D eigenvalue weighted by molar-refractivity contribution is -0.117. The molecule has 1 saturated heterocycles. The van der Waals surface area contributed by atoms with Crippen LogP contribution in [0.5, 0.6) is 5.75 Å². The smallest absolute Gasteiger partial charge is 0.227 e. The summed E-state index contributed by atoms with van der Waals surface area (Å²) in [6.07, 6.45) is 0.467. The first-order valence-corrected chi connectivity index (χ1v) is 11.5. The Labute approximate surface area is 194 Å². The number of carbonyl (C=O) groups excluding carboxylic acids is 1. The molecule has 0 unspecified atom stereocenters. The molecule has 3 aromatic carbocycles. The van der Waals surface area contributed by atoms with Gasteiger partial charge in [0, 0.05) is 24.6 Å². The van der Waals surface area contributed by atoms with Crippen molar-refractivity contribution < 1.29 is 9.53 Å². The van der Waals surface area contributed by atoms with Crippen LogP contribution in [0.4, 0.5) is 5.69 Å². The number of fused-ring (bicyclic) bond motifs is 1. The van der Waals surface area contributed by atoms with Gasteiger partial charge in [-0.05, 0) is 56.7 Å². The van der Waals surface area contributed by atoms with E-state index in [2.05, 4.69) is 55.7 Å². The Morgan fingerprint density at radius 2 is 1.73 bits per heavy atom. The number of para-hydroxylation sites is 2. The number of hydrogen-bond acceptors (Lipinski definition) is 3. The zero-order chi connectivity index (χ0) is 22.9. The molecule has 0 saturated carbocycles. The van der Waals surface area contributed by atoms with E-state index in [9.17, 15) is 4.79 Å². The molecule has 1 amide bonds.